The van der Waals surface area contributed by atoms with Crippen molar-refractivity contribution >= 4 is 11.8 Å². The van der Waals surface area contributed by atoms with E-state index in [0.29, 0.717) is 38.1 Å². The van der Waals surface area contributed by atoms with Crippen LogP contribution in [0.1, 0.15) is 59.3 Å². The number of nitrogens with one attached hydrogen (secondary N) is 2. The summed E-state index contributed by atoms with van der Waals surface area (Å²) in [5.41, 5.74) is -0.283. The van der Waals surface area contributed by atoms with Crippen molar-refractivity contribution in [3.8, 4) is 0 Å². The number of carbonyl (C=O) groups is 2. The molecule has 1 saturated heterocycles. The number of alkyl halides is 3. The third-order valence-corrected chi connectivity index (χ3v) is 8.03. The van der Waals surface area contributed by atoms with Crippen LogP contribution < -0.4 is 10.6 Å². The Kier molecular flexibility index (Phi) is 10.2. The van der Waals surface area contributed by atoms with E-state index in [1.54, 1.807) is 12.0 Å². The molecule has 0 radical (unpaired) electrons. The number of aliphatic hydroxyl groups is 1. The van der Waals surface area contributed by atoms with Gasteiger partial charge in [0.25, 0.3) is 5.91 Å². The predicted molar refractivity (Wildman–Crippen MR) is 150 cm³/mol. The lowest BCUT2D eigenvalue weighted by Crippen LogP contribution is -2.47. The van der Waals surface area contributed by atoms with E-state index in [1.165, 1.54) is 6.07 Å². The lowest BCUT2D eigenvalue weighted by Gasteiger charge is -2.37. The van der Waals surface area contributed by atoms with E-state index >= 15 is 0 Å². The van der Waals surface area contributed by atoms with Gasteiger partial charge in [-0.05, 0) is 76.0 Å². The fourth-order valence-electron chi connectivity index (χ4n) is 5.90. The van der Waals surface area contributed by atoms with E-state index in [0.717, 1.165) is 43.1 Å². The average molecular weight is 592 g/mol. The number of carbonyl (C=O) groups excluding carboxylic acids is 2. The molecule has 1 aromatic heterocycles. The first-order valence-electron chi connectivity index (χ1n) is 14.2. The van der Waals surface area contributed by atoms with Crippen LogP contribution in [0.4, 0.5) is 13.2 Å². The molecule has 1 aliphatic carbocycles. The average Bonchev–Trinajstić information content (AvgIpc) is 3.35. The molecule has 9 nitrogen and oxygen atoms in total. The molecule has 1 aliphatic heterocycles. The van der Waals surface area contributed by atoms with Crippen LogP contribution >= 0.6 is 0 Å². The smallest absolute Gasteiger partial charge is 0.384 e. The van der Waals surface area contributed by atoms with E-state index in [-0.39, 0.29) is 36.1 Å². The molecule has 2 amide bonds. The van der Waals surface area contributed by atoms with Gasteiger partial charge in [-0.2, -0.15) is 13.2 Å². The van der Waals surface area contributed by atoms with Crippen molar-refractivity contribution in [2.75, 3.05) is 40.9 Å². The lowest BCUT2D eigenvalue weighted by molar-refractivity contribution is -0.137. The first-order chi connectivity index (χ1) is 19.9. The highest BCUT2D eigenvalue weighted by Crippen LogP contribution is 2.37. The molecule has 1 saturated carbocycles. The van der Waals surface area contributed by atoms with Gasteiger partial charge in [0.2, 0.25) is 5.91 Å². The highest BCUT2D eigenvalue weighted by Gasteiger charge is 2.40. The molecule has 2 heterocycles. The minimum Gasteiger partial charge on any atom is -0.384 e. The van der Waals surface area contributed by atoms with Gasteiger partial charge in [-0.3, -0.25) is 14.6 Å². The van der Waals surface area contributed by atoms with Gasteiger partial charge in [0.05, 0.1) is 30.5 Å². The topological polar surface area (TPSA) is 107 Å². The number of hydrogen-bond acceptors (Lipinski definition) is 7. The zero-order chi connectivity index (χ0) is 30.5. The molecule has 0 spiro atoms. The molecule has 2 fully saturated rings. The Bertz CT molecular complexity index is 1220. The maximum absolute atomic E-state index is 13.1. The molecule has 42 heavy (non-hydrogen) atoms. The van der Waals surface area contributed by atoms with Gasteiger partial charge in [-0.1, -0.05) is 12.1 Å². The number of nitrogens with zero attached hydrogens (tertiary/aromatic N) is 3. The second kappa shape index (κ2) is 13.5. The highest BCUT2D eigenvalue weighted by atomic mass is 19.4. The van der Waals surface area contributed by atoms with Crippen molar-refractivity contribution in [2.24, 2.45) is 0 Å². The van der Waals surface area contributed by atoms with Gasteiger partial charge >= 0.3 is 6.18 Å². The Hall–Kier alpha value is -3.06. The Morgan fingerprint density at radius 3 is 2.52 bits per heavy atom. The first-order valence-corrected chi connectivity index (χ1v) is 14.2. The van der Waals surface area contributed by atoms with Gasteiger partial charge in [0, 0.05) is 44.0 Å². The normalized spacial score (nSPS) is 24.7. The molecule has 0 unspecified atom stereocenters. The Morgan fingerprint density at radius 2 is 1.90 bits per heavy atom. The monoisotopic (exact) mass is 591 g/mol. The SMILES string of the molecule is COC[C@@H]1C[C@H](NC2CCC(O)(c3ccc(CN(C)C)cn3)CC2)CN1C(=O)CNC(=O)c1cccc(C(F)(F)F)c1. The van der Waals surface area contributed by atoms with E-state index < -0.39 is 23.2 Å². The summed E-state index contributed by atoms with van der Waals surface area (Å²) in [5.74, 6) is -1.08. The van der Waals surface area contributed by atoms with Crippen molar-refractivity contribution in [1.29, 1.82) is 0 Å². The molecule has 3 N–H and O–H groups in total. The predicted octanol–water partition coefficient (Wildman–Crippen LogP) is 2.93. The summed E-state index contributed by atoms with van der Waals surface area (Å²) in [5, 5.41) is 17.4. The zero-order valence-corrected chi connectivity index (χ0v) is 24.3. The molecule has 1 aromatic carbocycles. The van der Waals surface area contributed by atoms with Crippen molar-refractivity contribution in [2.45, 2.75) is 68.6 Å². The van der Waals surface area contributed by atoms with Crippen LogP contribution in [0.25, 0.3) is 0 Å². The molecule has 0 bridgehead atoms. The van der Waals surface area contributed by atoms with Crippen LogP contribution in [0.3, 0.4) is 0 Å². The molecular formula is C30H40F3N5O4. The molecule has 2 atom stereocenters. The van der Waals surface area contributed by atoms with E-state index in [2.05, 4.69) is 20.5 Å². The van der Waals surface area contributed by atoms with Crippen molar-refractivity contribution in [3.05, 3.63) is 65.0 Å². The number of methoxy groups -OCH3 is 1. The summed E-state index contributed by atoms with van der Waals surface area (Å²) in [7, 11) is 5.55. The molecular weight excluding hydrogens is 551 g/mol. The summed E-state index contributed by atoms with van der Waals surface area (Å²) in [6.07, 6.45) is 0.569. The third-order valence-electron chi connectivity index (χ3n) is 8.03. The maximum Gasteiger partial charge on any atom is 0.416 e. The molecule has 4 rings (SSSR count). The quantitative estimate of drug-likeness (QED) is 0.390. The minimum atomic E-state index is -4.57. The molecule has 2 aromatic rings. The minimum absolute atomic E-state index is 0.00732. The van der Waals surface area contributed by atoms with Crippen LogP contribution in [0.15, 0.2) is 42.6 Å². The standard InChI is InChI=1S/C30H40F3N5O4/c1-37(2)17-20-7-8-26(34-15-20)29(41)11-9-23(10-12-29)36-24-14-25(19-42-3)38(18-24)27(39)16-35-28(40)21-5-4-6-22(13-21)30(31,32)33/h4-8,13,15,23-25,36,41H,9-12,14,16-19H2,1-3H3,(H,35,40)/t23?,24-,25-,29?/m0/s1. The maximum atomic E-state index is 13.1. The number of amides is 2. The molecule has 2 aliphatic rings. The van der Waals surface area contributed by atoms with Crippen LogP contribution in [0, 0.1) is 0 Å². The molecule has 12 heteroatoms. The summed E-state index contributed by atoms with van der Waals surface area (Å²) in [6.45, 7) is 1.19. The van der Waals surface area contributed by atoms with Gasteiger partial charge in [-0.15, -0.1) is 0 Å². The zero-order valence-electron chi connectivity index (χ0n) is 24.3. The van der Waals surface area contributed by atoms with Crippen molar-refractivity contribution < 1.29 is 32.6 Å². The van der Waals surface area contributed by atoms with Crippen LogP contribution in [0.5, 0.6) is 0 Å². The summed E-state index contributed by atoms with van der Waals surface area (Å²) in [4.78, 5) is 33.8. The van der Waals surface area contributed by atoms with E-state index in [1.807, 2.05) is 32.4 Å². The van der Waals surface area contributed by atoms with Crippen molar-refractivity contribution in [3.63, 3.8) is 0 Å². The Balaban J connectivity index is 1.29. The lowest BCUT2D eigenvalue weighted by atomic mass is 9.79. The second-order valence-corrected chi connectivity index (χ2v) is 11.6. The van der Waals surface area contributed by atoms with E-state index in [9.17, 15) is 27.9 Å². The fraction of sp³-hybridized carbons (Fsp3) is 0.567. The van der Waals surface area contributed by atoms with E-state index in [4.69, 9.17) is 4.74 Å². The summed E-state index contributed by atoms with van der Waals surface area (Å²) in [6, 6.07) is 8.00. The number of pyridine rings is 1. The number of rotatable bonds is 10. The Labute approximate surface area is 244 Å². The van der Waals surface area contributed by atoms with Gasteiger partial charge < -0.3 is 30.3 Å². The fourth-order valence-corrected chi connectivity index (χ4v) is 5.90. The number of ether oxygens (including phenoxy) is 1. The third kappa shape index (κ3) is 8.06. The van der Waals surface area contributed by atoms with Crippen LogP contribution in [0.2, 0.25) is 0 Å². The first kappa shape index (κ1) is 31.9. The largest absolute Gasteiger partial charge is 0.416 e. The number of hydrogen-bond donors (Lipinski definition) is 3. The number of benzene rings is 1. The van der Waals surface area contributed by atoms with Crippen molar-refractivity contribution in [1.82, 2.24) is 25.4 Å². The second-order valence-electron chi connectivity index (χ2n) is 11.6. The van der Waals surface area contributed by atoms with Gasteiger partial charge in [0.15, 0.2) is 0 Å². The Morgan fingerprint density at radius 1 is 1.17 bits per heavy atom. The van der Waals surface area contributed by atoms with Crippen LogP contribution in [-0.2, 0) is 27.9 Å². The summed E-state index contributed by atoms with van der Waals surface area (Å²) < 4.78 is 44.4. The van der Waals surface area contributed by atoms with Crippen LogP contribution in [-0.4, -0.2) is 90.7 Å². The number of aromatic nitrogens is 1. The summed E-state index contributed by atoms with van der Waals surface area (Å²) >= 11 is 0. The highest BCUT2D eigenvalue weighted by molar-refractivity contribution is 5.96. The number of halogens is 3. The van der Waals surface area contributed by atoms with Gasteiger partial charge in [-0.25, -0.2) is 0 Å². The number of likely N-dealkylation sites (tertiary alicyclic amines) is 1. The molecule has 230 valence electrons. The van der Waals surface area contributed by atoms with Gasteiger partial charge in [0.1, 0.15) is 5.60 Å².